The third-order valence-electron chi connectivity index (χ3n) is 2.41. The molecule has 0 heterocycles. The fourth-order valence-corrected chi connectivity index (χ4v) is 2.80. The van der Waals surface area contributed by atoms with Gasteiger partial charge < -0.3 is 5.73 Å². The number of thioether (sulfide) groups is 1. The summed E-state index contributed by atoms with van der Waals surface area (Å²) in [5.41, 5.74) is 6.97. The normalized spacial score (nSPS) is 25.9. The second kappa shape index (κ2) is 4.16. The SMILES string of the molecule is NCCSC1CC1c1ccccc1. The second-order valence-corrected chi connectivity index (χ2v) is 4.80. The zero-order valence-electron chi connectivity index (χ0n) is 7.65. The Hall–Kier alpha value is -0.470. The topological polar surface area (TPSA) is 26.0 Å². The minimum Gasteiger partial charge on any atom is -0.330 e. The van der Waals surface area contributed by atoms with E-state index in [2.05, 4.69) is 30.3 Å². The van der Waals surface area contributed by atoms with Gasteiger partial charge in [-0.2, -0.15) is 11.8 Å². The van der Waals surface area contributed by atoms with Gasteiger partial charge in [-0.25, -0.2) is 0 Å². The van der Waals surface area contributed by atoms with E-state index >= 15 is 0 Å². The van der Waals surface area contributed by atoms with Crippen LogP contribution in [0, 0.1) is 0 Å². The van der Waals surface area contributed by atoms with Crippen LogP contribution < -0.4 is 5.73 Å². The van der Waals surface area contributed by atoms with Gasteiger partial charge in [-0.05, 0) is 17.9 Å². The predicted octanol–water partition coefficient (Wildman–Crippen LogP) is 2.23. The van der Waals surface area contributed by atoms with E-state index < -0.39 is 0 Å². The average Bonchev–Trinajstić information content (AvgIpc) is 2.95. The molecule has 1 saturated carbocycles. The summed E-state index contributed by atoms with van der Waals surface area (Å²) >= 11 is 2.02. The first-order chi connectivity index (χ1) is 6.42. The van der Waals surface area contributed by atoms with Gasteiger partial charge in [-0.3, -0.25) is 0 Å². The predicted molar refractivity (Wildman–Crippen MR) is 59.1 cm³/mol. The lowest BCUT2D eigenvalue weighted by atomic mass is 10.1. The van der Waals surface area contributed by atoms with Crippen molar-refractivity contribution in [3.63, 3.8) is 0 Å². The molecule has 0 spiro atoms. The fourth-order valence-electron chi connectivity index (χ4n) is 1.63. The quantitative estimate of drug-likeness (QED) is 0.793. The molecule has 2 rings (SSSR count). The summed E-state index contributed by atoms with van der Waals surface area (Å²) in [5.74, 6) is 1.91. The Labute approximate surface area is 83.7 Å². The van der Waals surface area contributed by atoms with Gasteiger partial charge in [0, 0.05) is 17.5 Å². The van der Waals surface area contributed by atoms with Crippen LogP contribution in [-0.4, -0.2) is 17.5 Å². The summed E-state index contributed by atoms with van der Waals surface area (Å²) in [6.45, 7) is 0.808. The molecule has 2 atom stereocenters. The Kier molecular flexibility index (Phi) is 2.91. The summed E-state index contributed by atoms with van der Waals surface area (Å²) < 4.78 is 0. The molecule has 1 nitrogen and oxygen atoms in total. The molecule has 1 fully saturated rings. The van der Waals surface area contributed by atoms with Crippen LogP contribution in [0.4, 0.5) is 0 Å². The fraction of sp³-hybridized carbons (Fsp3) is 0.455. The van der Waals surface area contributed by atoms with Crippen LogP contribution in [0.15, 0.2) is 30.3 Å². The van der Waals surface area contributed by atoms with Crippen molar-refractivity contribution >= 4 is 11.8 Å². The molecule has 70 valence electrons. The number of rotatable bonds is 4. The smallest absolute Gasteiger partial charge is 0.0123 e. The van der Waals surface area contributed by atoms with E-state index in [1.165, 1.54) is 12.0 Å². The summed E-state index contributed by atoms with van der Waals surface area (Å²) in [5, 5.41) is 0.839. The number of hydrogen-bond donors (Lipinski definition) is 1. The molecule has 13 heavy (non-hydrogen) atoms. The molecule has 0 radical (unpaired) electrons. The first kappa shape index (κ1) is 9.10. The first-order valence-corrected chi connectivity index (χ1v) is 5.83. The molecule has 2 heteroatoms. The maximum Gasteiger partial charge on any atom is 0.0123 e. The van der Waals surface area contributed by atoms with Crippen LogP contribution in [0.5, 0.6) is 0 Å². The van der Waals surface area contributed by atoms with Crippen molar-refractivity contribution < 1.29 is 0 Å². The molecular formula is C11H15NS. The molecule has 2 unspecified atom stereocenters. The van der Waals surface area contributed by atoms with Crippen molar-refractivity contribution in [3.8, 4) is 0 Å². The van der Waals surface area contributed by atoms with E-state index in [1.807, 2.05) is 11.8 Å². The highest BCUT2D eigenvalue weighted by Gasteiger charge is 2.37. The number of benzene rings is 1. The van der Waals surface area contributed by atoms with Gasteiger partial charge in [-0.1, -0.05) is 30.3 Å². The Morgan fingerprint density at radius 1 is 1.31 bits per heavy atom. The second-order valence-electron chi connectivity index (χ2n) is 3.45. The van der Waals surface area contributed by atoms with Gasteiger partial charge in [-0.15, -0.1) is 0 Å². The van der Waals surface area contributed by atoms with E-state index in [0.717, 1.165) is 23.5 Å². The lowest BCUT2D eigenvalue weighted by Gasteiger charge is -1.99. The van der Waals surface area contributed by atoms with Crippen molar-refractivity contribution in [1.82, 2.24) is 0 Å². The third kappa shape index (κ3) is 2.26. The van der Waals surface area contributed by atoms with Gasteiger partial charge in [0.1, 0.15) is 0 Å². The van der Waals surface area contributed by atoms with Crippen molar-refractivity contribution in [2.45, 2.75) is 17.6 Å². The van der Waals surface area contributed by atoms with Crippen LogP contribution in [0.1, 0.15) is 17.9 Å². The first-order valence-electron chi connectivity index (χ1n) is 4.78. The minimum absolute atomic E-state index is 0.803. The molecule has 0 bridgehead atoms. The standard InChI is InChI=1S/C11H15NS/c12-6-7-13-11-8-10(11)9-4-2-1-3-5-9/h1-5,10-11H,6-8,12H2. The van der Waals surface area contributed by atoms with Crippen LogP contribution in [0.3, 0.4) is 0 Å². The van der Waals surface area contributed by atoms with Crippen LogP contribution in [0.25, 0.3) is 0 Å². The van der Waals surface area contributed by atoms with Crippen molar-refractivity contribution in [2.24, 2.45) is 5.73 Å². The zero-order valence-corrected chi connectivity index (χ0v) is 8.46. The molecule has 1 aliphatic rings. The van der Waals surface area contributed by atoms with E-state index in [0.29, 0.717) is 0 Å². The Morgan fingerprint density at radius 3 is 2.77 bits per heavy atom. The van der Waals surface area contributed by atoms with Crippen molar-refractivity contribution in [3.05, 3.63) is 35.9 Å². The molecular weight excluding hydrogens is 178 g/mol. The molecule has 2 N–H and O–H groups in total. The Bertz CT molecular complexity index is 260. The molecule has 0 amide bonds. The largest absolute Gasteiger partial charge is 0.330 e. The van der Waals surface area contributed by atoms with Crippen LogP contribution in [-0.2, 0) is 0 Å². The molecule has 1 aromatic rings. The highest BCUT2D eigenvalue weighted by atomic mass is 32.2. The minimum atomic E-state index is 0.803. The number of hydrogen-bond acceptors (Lipinski definition) is 2. The van der Waals surface area contributed by atoms with E-state index in [9.17, 15) is 0 Å². The Morgan fingerprint density at radius 2 is 2.08 bits per heavy atom. The highest BCUT2D eigenvalue weighted by Crippen LogP contribution is 2.48. The summed E-state index contributed by atoms with van der Waals surface area (Å²) in [7, 11) is 0. The summed E-state index contributed by atoms with van der Waals surface area (Å²) in [4.78, 5) is 0. The maximum atomic E-state index is 5.47. The Balaban J connectivity index is 1.86. The summed E-state index contributed by atoms with van der Waals surface area (Å²) in [6, 6.07) is 10.8. The van der Waals surface area contributed by atoms with Crippen molar-refractivity contribution in [2.75, 3.05) is 12.3 Å². The zero-order chi connectivity index (χ0) is 9.10. The molecule has 0 aromatic heterocycles. The van der Waals surface area contributed by atoms with Gasteiger partial charge in [0.15, 0.2) is 0 Å². The third-order valence-corrected chi connectivity index (χ3v) is 3.83. The van der Waals surface area contributed by atoms with Crippen LogP contribution in [0.2, 0.25) is 0 Å². The van der Waals surface area contributed by atoms with Gasteiger partial charge >= 0.3 is 0 Å². The summed E-state index contributed by atoms with van der Waals surface area (Å²) in [6.07, 6.45) is 1.34. The molecule has 0 aliphatic heterocycles. The lowest BCUT2D eigenvalue weighted by molar-refractivity contribution is 1.12. The van der Waals surface area contributed by atoms with E-state index in [-0.39, 0.29) is 0 Å². The average molecular weight is 193 g/mol. The monoisotopic (exact) mass is 193 g/mol. The van der Waals surface area contributed by atoms with E-state index in [1.54, 1.807) is 0 Å². The van der Waals surface area contributed by atoms with Gasteiger partial charge in [0.05, 0.1) is 0 Å². The molecule has 0 saturated heterocycles. The van der Waals surface area contributed by atoms with Gasteiger partial charge in [0.2, 0.25) is 0 Å². The maximum absolute atomic E-state index is 5.47. The van der Waals surface area contributed by atoms with Crippen molar-refractivity contribution in [1.29, 1.82) is 0 Å². The molecule has 1 aromatic carbocycles. The van der Waals surface area contributed by atoms with Crippen LogP contribution >= 0.6 is 11.8 Å². The van der Waals surface area contributed by atoms with E-state index in [4.69, 9.17) is 5.73 Å². The lowest BCUT2D eigenvalue weighted by Crippen LogP contribution is -2.02. The highest BCUT2D eigenvalue weighted by molar-refractivity contribution is 8.00. The molecule has 1 aliphatic carbocycles. The number of nitrogens with two attached hydrogens (primary N) is 1. The van der Waals surface area contributed by atoms with Gasteiger partial charge in [0.25, 0.3) is 0 Å².